The molecule has 3 aromatic rings. The van der Waals surface area contributed by atoms with E-state index in [-0.39, 0.29) is 18.3 Å². The van der Waals surface area contributed by atoms with E-state index in [9.17, 15) is 19.1 Å². The van der Waals surface area contributed by atoms with Crippen LogP contribution in [-0.2, 0) is 11.2 Å². The van der Waals surface area contributed by atoms with Crippen molar-refractivity contribution in [1.29, 1.82) is 0 Å². The highest BCUT2D eigenvalue weighted by atomic mass is 19.1. The lowest BCUT2D eigenvalue weighted by molar-refractivity contribution is -0.139. The number of likely N-dealkylation sites (tertiary alicyclic amines) is 1. The summed E-state index contributed by atoms with van der Waals surface area (Å²) in [7, 11) is 0. The van der Waals surface area contributed by atoms with Crippen LogP contribution in [0.4, 0.5) is 9.18 Å². The van der Waals surface area contributed by atoms with Gasteiger partial charge < -0.3 is 25.0 Å². The van der Waals surface area contributed by atoms with Crippen molar-refractivity contribution in [3.63, 3.8) is 0 Å². The third-order valence-corrected chi connectivity index (χ3v) is 5.54. The molecule has 1 atom stereocenters. The molecule has 0 spiro atoms. The standard InChI is InChI=1S/C23H24FN3O4/c24-16-5-7-17(8-6-16)31-18-9-11-27(12-10-18)23(30)26-21(22(28)29)13-15-14-25-20-4-2-1-3-19(15)20/h1-8,14,18,21,25H,9-13H2,(H,26,30)(H,28,29)/t21-/m1/s1. The van der Waals surface area contributed by atoms with Crippen molar-refractivity contribution < 1.29 is 23.8 Å². The quantitative estimate of drug-likeness (QED) is 0.563. The SMILES string of the molecule is O=C(O)[C@@H](Cc1c[nH]c2ccccc12)NC(=O)N1CCC(Oc2ccc(F)cc2)CC1. The summed E-state index contributed by atoms with van der Waals surface area (Å²) in [6.07, 6.45) is 3.13. The molecule has 4 rings (SSSR count). The number of para-hydroxylation sites is 1. The first kappa shape index (κ1) is 20.7. The Kier molecular flexibility index (Phi) is 6.06. The number of benzene rings is 2. The second kappa shape index (κ2) is 9.07. The molecule has 1 aromatic heterocycles. The Morgan fingerprint density at radius 1 is 1.16 bits per heavy atom. The summed E-state index contributed by atoms with van der Waals surface area (Å²) >= 11 is 0. The largest absolute Gasteiger partial charge is 0.490 e. The first-order valence-electron chi connectivity index (χ1n) is 10.2. The van der Waals surface area contributed by atoms with Crippen molar-refractivity contribution in [2.45, 2.75) is 31.4 Å². The van der Waals surface area contributed by atoms with Crippen LogP contribution in [-0.4, -0.2) is 52.2 Å². The minimum absolute atomic E-state index is 0.0731. The van der Waals surface area contributed by atoms with E-state index in [1.54, 1.807) is 23.2 Å². The fourth-order valence-corrected chi connectivity index (χ4v) is 3.84. The Balaban J connectivity index is 1.32. The maximum Gasteiger partial charge on any atom is 0.326 e. The highest BCUT2D eigenvalue weighted by molar-refractivity contribution is 5.86. The summed E-state index contributed by atoms with van der Waals surface area (Å²) in [4.78, 5) is 29.2. The van der Waals surface area contributed by atoms with Crippen molar-refractivity contribution in [2.24, 2.45) is 0 Å². The summed E-state index contributed by atoms with van der Waals surface area (Å²) in [5.74, 6) is -0.804. The number of amides is 2. The second-order valence-electron chi connectivity index (χ2n) is 7.66. The fourth-order valence-electron chi connectivity index (χ4n) is 3.84. The van der Waals surface area contributed by atoms with Gasteiger partial charge in [-0.2, -0.15) is 0 Å². The molecule has 2 aromatic carbocycles. The molecule has 1 aliphatic rings. The number of aliphatic carboxylic acids is 1. The van der Waals surface area contributed by atoms with Crippen molar-refractivity contribution >= 4 is 22.9 Å². The van der Waals surface area contributed by atoms with Gasteiger partial charge in [-0.25, -0.2) is 14.0 Å². The number of aromatic amines is 1. The number of carboxylic acid groups (broad SMARTS) is 1. The second-order valence-corrected chi connectivity index (χ2v) is 7.66. The molecule has 0 saturated carbocycles. The Bertz CT molecular complexity index is 1060. The summed E-state index contributed by atoms with van der Waals surface area (Å²) in [5, 5.41) is 13.2. The monoisotopic (exact) mass is 425 g/mol. The maximum atomic E-state index is 13.0. The third kappa shape index (κ3) is 4.96. The van der Waals surface area contributed by atoms with Crippen LogP contribution in [0.25, 0.3) is 10.9 Å². The molecular weight excluding hydrogens is 401 g/mol. The maximum absolute atomic E-state index is 13.0. The normalized spacial score (nSPS) is 15.6. The Morgan fingerprint density at radius 3 is 2.58 bits per heavy atom. The van der Waals surface area contributed by atoms with Crippen molar-refractivity contribution in [3.8, 4) is 5.75 Å². The number of carbonyl (C=O) groups excluding carboxylic acids is 1. The van der Waals surface area contributed by atoms with Crippen molar-refractivity contribution in [3.05, 3.63) is 66.1 Å². The van der Waals surface area contributed by atoms with Gasteiger partial charge in [0.15, 0.2) is 0 Å². The zero-order chi connectivity index (χ0) is 21.8. The van der Waals surface area contributed by atoms with E-state index < -0.39 is 18.0 Å². The van der Waals surface area contributed by atoms with Crippen LogP contribution >= 0.6 is 0 Å². The number of piperidine rings is 1. The molecule has 3 N–H and O–H groups in total. The number of fused-ring (bicyclic) bond motifs is 1. The minimum Gasteiger partial charge on any atom is -0.490 e. The van der Waals surface area contributed by atoms with Gasteiger partial charge in [-0.3, -0.25) is 0 Å². The van der Waals surface area contributed by atoms with E-state index in [2.05, 4.69) is 10.3 Å². The molecule has 8 heteroatoms. The number of ether oxygens (including phenoxy) is 1. The van der Waals surface area contributed by atoms with Crippen LogP contribution in [0.2, 0.25) is 0 Å². The molecular formula is C23H24FN3O4. The first-order chi connectivity index (χ1) is 15.0. The highest BCUT2D eigenvalue weighted by Crippen LogP contribution is 2.21. The topological polar surface area (TPSA) is 94.7 Å². The molecule has 0 bridgehead atoms. The first-order valence-corrected chi connectivity index (χ1v) is 10.2. The number of nitrogens with zero attached hydrogens (tertiary/aromatic N) is 1. The van der Waals surface area contributed by atoms with Gasteiger partial charge in [-0.1, -0.05) is 18.2 Å². The zero-order valence-electron chi connectivity index (χ0n) is 16.9. The summed E-state index contributed by atoms with van der Waals surface area (Å²) in [6, 6.07) is 12.1. The number of nitrogens with one attached hydrogen (secondary N) is 2. The van der Waals surface area contributed by atoms with Gasteiger partial charge in [0.2, 0.25) is 0 Å². The summed E-state index contributed by atoms with van der Waals surface area (Å²) < 4.78 is 18.9. The molecule has 2 amide bonds. The van der Waals surface area contributed by atoms with Gasteiger partial charge in [-0.05, 0) is 35.9 Å². The number of halogens is 1. The molecule has 7 nitrogen and oxygen atoms in total. The number of urea groups is 1. The zero-order valence-corrected chi connectivity index (χ0v) is 16.9. The van der Waals surface area contributed by atoms with Crippen molar-refractivity contribution in [2.75, 3.05) is 13.1 Å². The third-order valence-electron chi connectivity index (χ3n) is 5.54. The molecule has 31 heavy (non-hydrogen) atoms. The van der Waals surface area contributed by atoms with Gasteiger partial charge in [0.25, 0.3) is 0 Å². The lowest BCUT2D eigenvalue weighted by Gasteiger charge is -2.33. The van der Waals surface area contributed by atoms with Gasteiger partial charge in [-0.15, -0.1) is 0 Å². The van der Waals surface area contributed by atoms with E-state index in [4.69, 9.17) is 4.74 Å². The van der Waals surface area contributed by atoms with E-state index in [1.165, 1.54) is 12.1 Å². The van der Waals surface area contributed by atoms with E-state index in [1.807, 2.05) is 24.3 Å². The molecule has 2 heterocycles. The van der Waals surface area contributed by atoms with Gasteiger partial charge in [0.1, 0.15) is 23.7 Å². The minimum atomic E-state index is -1.08. The molecule has 0 aliphatic carbocycles. The predicted molar refractivity (Wildman–Crippen MR) is 114 cm³/mol. The van der Waals surface area contributed by atoms with Gasteiger partial charge >= 0.3 is 12.0 Å². The molecule has 0 radical (unpaired) electrons. The molecule has 162 valence electrons. The fraction of sp³-hybridized carbons (Fsp3) is 0.304. The Morgan fingerprint density at radius 2 is 1.87 bits per heavy atom. The van der Waals surface area contributed by atoms with Crippen LogP contribution in [0.5, 0.6) is 5.75 Å². The Hall–Kier alpha value is -3.55. The number of carboxylic acids is 1. The van der Waals surface area contributed by atoms with Crippen molar-refractivity contribution in [1.82, 2.24) is 15.2 Å². The van der Waals surface area contributed by atoms with Crippen LogP contribution in [0.15, 0.2) is 54.7 Å². The number of H-pyrrole nitrogens is 1. The number of rotatable bonds is 6. The van der Waals surface area contributed by atoms with Gasteiger partial charge in [0, 0.05) is 49.5 Å². The van der Waals surface area contributed by atoms with Crippen LogP contribution in [0.3, 0.4) is 0 Å². The number of hydrogen-bond acceptors (Lipinski definition) is 3. The lowest BCUT2D eigenvalue weighted by atomic mass is 10.0. The smallest absolute Gasteiger partial charge is 0.326 e. The average molecular weight is 425 g/mol. The number of carbonyl (C=O) groups is 2. The lowest BCUT2D eigenvalue weighted by Crippen LogP contribution is -2.51. The van der Waals surface area contributed by atoms with Gasteiger partial charge in [0.05, 0.1) is 0 Å². The van der Waals surface area contributed by atoms with E-state index in [0.29, 0.717) is 31.7 Å². The summed E-state index contributed by atoms with van der Waals surface area (Å²) in [5.41, 5.74) is 1.77. The number of aromatic nitrogens is 1. The highest BCUT2D eigenvalue weighted by Gasteiger charge is 2.28. The van der Waals surface area contributed by atoms with Crippen LogP contribution in [0.1, 0.15) is 18.4 Å². The van der Waals surface area contributed by atoms with E-state index in [0.717, 1.165) is 16.5 Å². The van der Waals surface area contributed by atoms with Crippen LogP contribution < -0.4 is 10.1 Å². The average Bonchev–Trinajstić information content (AvgIpc) is 3.18. The molecule has 0 unspecified atom stereocenters. The summed E-state index contributed by atoms with van der Waals surface area (Å²) in [6.45, 7) is 0.911. The van der Waals surface area contributed by atoms with Crippen LogP contribution in [0, 0.1) is 5.82 Å². The van der Waals surface area contributed by atoms with E-state index >= 15 is 0 Å². The molecule has 1 aliphatic heterocycles. The predicted octanol–water partition coefficient (Wildman–Crippen LogP) is 3.56. The number of hydrogen-bond donors (Lipinski definition) is 3. The molecule has 1 fully saturated rings. The Labute approximate surface area is 178 Å². The molecule has 1 saturated heterocycles.